The third-order valence-corrected chi connectivity index (χ3v) is 8.45. The van der Waals surface area contributed by atoms with E-state index in [1.54, 1.807) is 12.3 Å². The highest BCUT2D eigenvalue weighted by Gasteiger charge is 2.33. The van der Waals surface area contributed by atoms with Crippen LogP contribution in [0.15, 0.2) is 79.5 Å². The van der Waals surface area contributed by atoms with Gasteiger partial charge in [-0.05, 0) is 81.7 Å². The van der Waals surface area contributed by atoms with Crippen LogP contribution in [-0.4, -0.2) is 67.1 Å². The van der Waals surface area contributed by atoms with Crippen molar-refractivity contribution in [3.63, 3.8) is 0 Å². The Labute approximate surface area is 259 Å². The summed E-state index contributed by atoms with van der Waals surface area (Å²) in [5.41, 5.74) is 3.86. The van der Waals surface area contributed by atoms with E-state index in [-0.39, 0.29) is 24.0 Å². The molecule has 0 unspecified atom stereocenters. The first-order valence-corrected chi connectivity index (χ1v) is 15.1. The second-order valence-corrected chi connectivity index (χ2v) is 11.6. The maximum atomic E-state index is 13.9. The molecule has 2 aromatic carbocycles. The number of hydrogen-bond donors (Lipinski definition) is 3. The first kappa shape index (κ1) is 30.6. The lowest BCUT2D eigenvalue weighted by atomic mass is 9.89. The van der Waals surface area contributed by atoms with Crippen molar-refractivity contribution in [2.24, 2.45) is 0 Å². The molecule has 1 aliphatic heterocycles. The summed E-state index contributed by atoms with van der Waals surface area (Å²) in [7, 11) is 4.14. The molecule has 2 fully saturated rings. The van der Waals surface area contributed by atoms with Crippen LogP contribution >= 0.6 is 0 Å². The smallest absolute Gasteiger partial charge is 0.322 e. The lowest BCUT2D eigenvalue weighted by Gasteiger charge is -2.45. The van der Waals surface area contributed by atoms with Crippen molar-refractivity contribution in [2.75, 3.05) is 47.6 Å². The third kappa shape index (κ3) is 7.36. The summed E-state index contributed by atoms with van der Waals surface area (Å²) in [6.07, 6.45) is 6.12. The highest BCUT2D eigenvalue weighted by molar-refractivity contribution is 6.02. The molecule has 2 aliphatic rings. The van der Waals surface area contributed by atoms with Crippen LogP contribution < -0.4 is 25.8 Å². The predicted octanol–water partition coefficient (Wildman–Crippen LogP) is 4.97. The van der Waals surface area contributed by atoms with Gasteiger partial charge in [-0.3, -0.25) is 9.69 Å². The van der Waals surface area contributed by atoms with E-state index in [1.165, 1.54) is 6.08 Å². The Morgan fingerprint density at radius 1 is 1.05 bits per heavy atom. The number of urea groups is 1. The van der Waals surface area contributed by atoms with E-state index in [9.17, 15) is 9.59 Å². The van der Waals surface area contributed by atoms with Crippen LogP contribution in [0.5, 0.6) is 0 Å². The number of pyridine rings is 1. The largest absolute Gasteiger partial charge is 0.367 e. The summed E-state index contributed by atoms with van der Waals surface area (Å²) >= 11 is 0. The molecule has 10 heteroatoms. The van der Waals surface area contributed by atoms with Crippen LogP contribution in [0.2, 0.25) is 0 Å². The molecule has 3 amide bonds. The first-order valence-electron chi connectivity index (χ1n) is 15.1. The van der Waals surface area contributed by atoms with Gasteiger partial charge < -0.3 is 25.8 Å². The molecule has 5 rings (SSSR count). The fourth-order valence-electron chi connectivity index (χ4n) is 5.80. The summed E-state index contributed by atoms with van der Waals surface area (Å²) < 4.78 is 0. The monoisotopic (exact) mass is 592 g/mol. The van der Waals surface area contributed by atoms with E-state index in [2.05, 4.69) is 57.5 Å². The zero-order chi connectivity index (χ0) is 31.1. The first-order chi connectivity index (χ1) is 21.3. The number of benzene rings is 2. The topological polar surface area (TPSA) is 117 Å². The molecule has 44 heavy (non-hydrogen) atoms. The standard InChI is InChI=1S/C34H40N8O2/c1-4-33(43)39-30-18-28(15-16-31(30)41-22-29(23-41)40(2)3)42(34(44)37-20-24-8-6-5-7-9-24)27-13-11-26(12-14-27)38-32-17-10-25(19-35)21-36-32/h4-10,15-18,21,26-27,29H,1,11-14,20,22-23H2,2-3H3,(H,36,38)(H,37,44)(H,39,43). The fourth-order valence-corrected chi connectivity index (χ4v) is 5.80. The summed E-state index contributed by atoms with van der Waals surface area (Å²) in [6, 6.07) is 21.9. The average Bonchev–Trinajstić information content (AvgIpc) is 3.02. The molecule has 1 saturated carbocycles. The van der Waals surface area contributed by atoms with Gasteiger partial charge in [0.05, 0.1) is 16.9 Å². The molecule has 1 aliphatic carbocycles. The van der Waals surface area contributed by atoms with Crippen LogP contribution in [0.1, 0.15) is 36.8 Å². The minimum atomic E-state index is -0.295. The molecular weight excluding hydrogens is 552 g/mol. The van der Waals surface area contributed by atoms with Gasteiger partial charge in [0.25, 0.3) is 0 Å². The number of likely N-dealkylation sites (N-methyl/N-ethyl adjacent to an activating group) is 1. The Morgan fingerprint density at radius 3 is 2.43 bits per heavy atom. The number of aromatic nitrogens is 1. The SMILES string of the molecule is C=CC(=O)Nc1cc(N(C(=O)NCc2ccccc2)C2CCC(Nc3ccc(C#N)cn3)CC2)ccc1N1CC(N(C)C)C1. The van der Waals surface area contributed by atoms with Crippen molar-refractivity contribution >= 4 is 34.8 Å². The summed E-state index contributed by atoms with van der Waals surface area (Å²) in [5.74, 6) is 0.446. The van der Waals surface area contributed by atoms with Crippen LogP contribution in [0.25, 0.3) is 0 Å². The van der Waals surface area contributed by atoms with Crippen LogP contribution in [0.3, 0.4) is 0 Å². The molecule has 3 aromatic rings. The van der Waals surface area contributed by atoms with Crippen molar-refractivity contribution in [3.05, 3.63) is 90.6 Å². The summed E-state index contributed by atoms with van der Waals surface area (Å²) in [5, 5.41) is 18.6. The molecule has 2 heterocycles. The van der Waals surface area contributed by atoms with Gasteiger partial charge in [0.15, 0.2) is 0 Å². The second-order valence-electron chi connectivity index (χ2n) is 11.6. The van der Waals surface area contributed by atoms with Crippen molar-refractivity contribution < 1.29 is 9.59 Å². The molecular formula is C34H40N8O2. The maximum Gasteiger partial charge on any atom is 0.322 e. The minimum absolute atomic E-state index is 0.0336. The van der Waals surface area contributed by atoms with Gasteiger partial charge in [-0.2, -0.15) is 5.26 Å². The Bertz CT molecular complexity index is 1490. The van der Waals surface area contributed by atoms with Crippen molar-refractivity contribution in [1.82, 2.24) is 15.2 Å². The zero-order valence-electron chi connectivity index (χ0n) is 25.4. The van der Waals surface area contributed by atoms with Gasteiger partial charge >= 0.3 is 6.03 Å². The summed E-state index contributed by atoms with van der Waals surface area (Å²) in [6.45, 7) is 5.75. The molecule has 0 bridgehead atoms. The molecule has 0 radical (unpaired) electrons. The number of nitriles is 1. The average molecular weight is 593 g/mol. The maximum absolute atomic E-state index is 13.9. The molecule has 0 spiro atoms. The molecule has 10 nitrogen and oxygen atoms in total. The highest BCUT2D eigenvalue weighted by Crippen LogP contribution is 2.37. The zero-order valence-corrected chi connectivity index (χ0v) is 25.4. The van der Waals surface area contributed by atoms with E-state index in [0.717, 1.165) is 61.5 Å². The van der Waals surface area contributed by atoms with Crippen molar-refractivity contribution in [1.29, 1.82) is 5.26 Å². The van der Waals surface area contributed by atoms with E-state index in [0.29, 0.717) is 23.8 Å². The third-order valence-electron chi connectivity index (χ3n) is 8.45. The predicted molar refractivity (Wildman–Crippen MR) is 175 cm³/mol. The lowest BCUT2D eigenvalue weighted by molar-refractivity contribution is -0.111. The Hall–Kier alpha value is -4.88. The highest BCUT2D eigenvalue weighted by atomic mass is 16.2. The van der Waals surface area contributed by atoms with Gasteiger partial charge in [-0.25, -0.2) is 9.78 Å². The molecule has 0 atom stereocenters. The lowest BCUT2D eigenvalue weighted by Crippen LogP contribution is -2.57. The van der Waals surface area contributed by atoms with Crippen LogP contribution in [0, 0.1) is 11.3 Å². The molecule has 228 valence electrons. The molecule has 3 N–H and O–H groups in total. The van der Waals surface area contributed by atoms with Crippen LogP contribution in [0.4, 0.5) is 27.7 Å². The second kappa shape index (κ2) is 14.1. The number of rotatable bonds is 10. The number of nitrogens with zero attached hydrogens (tertiary/aromatic N) is 5. The fraction of sp³-hybridized carbons (Fsp3) is 0.353. The van der Waals surface area contributed by atoms with Crippen molar-refractivity contribution in [2.45, 2.75) is 50.4 Å². The quantitative estimate of drug-likeness (QED) is 0.285. The van der Waals surface area contributed by atoms with Crippen LogP contribution in [-0.2, 0) is 11.3 Å². The van der Waals surface area contributed by atoms with Gasteiger partial charge in [0.1, 0.15) is 11.9 Å². The van der Waals surface area contributed by atoms with Gasteiger partial charge in [-0.15, -0.1) is 0 Å². The van der Waals surface area contributed by atoms with Gasteiger partial charge in [0, 0.05) is 49.6 Å². The number of carbonyl (C=O) groups is 2. The Morgan fingerprint density at radius 2 is 1.80 bits per heavy atom. The van der Waals surface area contributed by atoms with E-state index in [1.807, 2.05) is 59.5 Å². The van der Waals surface area contributed by atoms with Gasteiger partial charge in [-0.1, -0.05) is 36.9 Å². The minimum Gasteiger partial charge on any atom is -0.367 e. The molecule has 1 saturated heterocycles. The number of carbonyl (C=O) groups excluding carboxylic acids is 2. The Kier molecular flexibility index (Phi) is 9.77. The number of hydrogen-bond acceptors (Lipinski definition) is 7. The van der Waals surface area contributed by atoms with Gasteiger partial charge in [0.2, 0.25) is 5.91 Å². The number of amides is 3. The Balaban J connectivity index is 1.36. The number of anilines is 4. The molecule has 1 aromatic heterocycles. The normalized spacial score (nSPS) is 18.1. The van der Waals surface area contributed by atoms with E-state index >= 15 is 0 Å². The number of nitrogens with one attached hydrogen (secondary N) is 3. The van der Waals surface area contributed by atoms with E-state index in [4.69, 9.17) is 5.26 Å². The van der Waals surface area contributed by atoms with Crippen molar-refractivity contribution in [3.8, 4) is 6.07 Å². The summed E-state index contributed by atoms with van der Waals surface area (Å²) in [4.78, 5) is 37.0. The van der Waals surface area contributed by atoms with E-state index < -0.39 is 0 Å².